The van der Waals surface area contributed by atoms with Crippen molar-refractivity contribution in [1.82, 2.24) is 20.4 Å². The molecule has 25 nitrogen and oxygen atoms in total. The second kappa shape index (κ2) is 34.6. The Balaban J connectivity index is 0.000000291. The summed E-state index contributed by atoms with van der Waals surface area (Å²) in [5.74, 6) is -3.51. The number of anilines is 2. The van der Waals surface area contributed by atoms with E-state index in [0.717, 1.165) is 22.3 Å². The minimum absolute atomic E-state index is 0.00636. The van der Waals surface area contributed by atoms with Gasteiger partial charge in [-0.05, 0) is 108 Å². The number of fused-ring (bicyclic) bond motifs is 10. The van der Waals surface area contributed by atoms with Gasteiger partial charge in [0.2, 0.25) is 23.6 Å². The van der Waals surface area contributed by atoms with Crippen molar-refractivity contribution in [3.63, 3.8) is 0 Å². The van der Waals surface area contributed by atoms with Crippen LogP contribution in [0.1, 0.15) is 146 Å². The molecule has 4 N–H and O–H groups in total. The number of methoxy groups -OCH3 is 3. The number of ether oxygens (including phenoxy) is 9. The molecule has 4 saturated heterocycles. The molecule has 17 unspecified atom stereocenters. The summed E-state index contributed by atoms with van der Waals surface area (Å²) in [5, 5.41) is 29.0. The first kappa shape index (κ1) is 84.7. The summed E-state index contributed by atoms with van der Waals surface area (Å²) in [4.78, 5) is 113. The van der Waals surface area contributed by atoms with E-state index in [1.807, 2.05) is 84.9 Å². The normalized spacial score (nSPS) is 32.0. The molecule has 29 heteroatoms. The fourth-order valence-corrected chi connectivity index (χ4v) is 14.3. The number of esters is 2. The van der Waals surface area contributed by atoms with E-state index in [-0.39, 0.29) is 70.4 Å². The standard InChI is InChI=1S/C38H54ClN3O9S.C37H52ClN3O10S/c1-21-12-11-13-22(2)38(47)20-28(49-35(46)40-38)23(3)33-37(7,51-33)29(50-34(45)24(4)41(8)30(43)14-15-36(5,6)52)19-31(44)42(9)26-17-25(16-21)18-27(48-10)32(26)39;1-20-11-10-12-28(48-9)37(46)19-27(49-35(45)39-37)22(3)33-36(5,51-33)29(50-34(44)23(4)40(6)30(42)14-13-21(2)52)18-31(43)41(7)25-16-24(15-20)17-26(47-8)32(25)38/h11-13,17-18,22-24,28-29,33,47,52H,14-16,19-20H2,1-10H3,(H,40,46);10-12,16-17,21-23,27-29,33,46,52H,13-15,18-19H2,1-9H3,(H,39,45)/b13-11+,21-12+;12-10+,20-11+. The van der Waals surface area contributed by atoms with Gasteiger partial charge in [0.15, 0.2) is 5.72 Å². The Kier molecular flexibility index (Phi) is 28.1. The van der Waals surface area contributed by atoms with E-state index in [1.165, 1.54) is 55.0 Å². The number of carbonyl (C=O) groups excluding carboxylic acids is 8. The number of aliphatic hydroxyl groups is 2. The van der Waals surface area contributed by atoms with E-state index in [9.17, 15) is 48.6 Å². The predicted octanol–water partition coefficient (Wildman–Crippen LogP) is 10.2. The zero-order valence-corrected chi connectivity index (χ0v) is 66.4. The summed E-state index contributed by atoms with van der Waals surface area (Å²) < 4.78 is 52.4. The number of allylic oxidation sites excluding steroid dienone is 6. The summed E-state index contributed by atoms with van der Waals surface area (Å²) in [7, 11) is 10.6. The van der Waals surface area contributed by atoms with Gasteiger partial charge in [0, 0.05) is 83.5 Å². The largest absolute Gasteiger partial charge is 0.495 e. The van der Waals surface area contributed by atoms with E-state index in [1.54, 1.807) is 73.0 Å². The average Bonchev–Trinajstić information content (AvgIpc) is 1.58. The monoisotopic (exact) mass is 1530 g/mol. The smallest absolute Gasteiger partial charge is 0.409 e. The molecule has 2 aromatic rings. The Bertz CT molecular complexity index is 3660. The lowest BCUT2D eigenvalue weighted by molar-refractivity contribution is -0.162. The van der Waals surface area contributed by atoms with Crippen LogP contribution in [0.5, 0.6) is 11.5 Å². The van der Waals surface area contributed by atoms with Gasteiger partial charge in [-0.1, -0.05) is 112 Å². The van der Waals surface area contributed by atoms with Crippen LogP contribution in [0.2, 0.25) is 10.0 Å². The molecule has 6 amide bonds. The third-order valence-electron chi connectivity index (χ3n) is 20.9. The van der Waals surface area contributed by atoms with E-state index in [4.69, 9.17) is 65.8 Å². The summed E-state index contributed by atoms with van der Waals surface area (Å²) in [6.07, 6.45) is 4.96. The lowest BCUT2D eigenvalue weighted by Gasteiger charge is -2.42. The molecule has 0 radical (unpaired) electrons. The number of hydrogen-bond donors (Lipinski definition) is 6. The minimum Gasteiger partial charge on any atom is -0.495 e. The maximum Gasteiger partial charge on any atom is 0.409 e. The SMILES string of the molecule is COc1cc2cc(c1Cl)N(C)C(=O)CC(OC(=O)C(C)N(C)C(=O)CCC(C)(C)S)C1(C)OC1C(C)C1CC(O)(NC(=O)O1)C(C)/C=C/C=C(\C)C2.COc1cc2cc(c1Cl)N(C)C(=O)CC(OC(=O)C(C)N(C)C(=O)CCC(C)S)C1(C)OC1C(C)C1CC(O)(NC(=O)O1)C(OC)/C=C/C=C(\C)C2. The van der Waals surface area contributed by atoms with E-state index in [2.05, 4.69) is 35.9 Å². The summed E-state index contributed by atoms with van der Waals surface area (Å²) in [6.45, 7) is 21.6. The second-order valence-corrected chi connectivity index (χ2v) is 32.5. The molecule has 6 heterocycles. The summed E-state index contributed by atoms with van der Waals surface area (Å²) in [5.41, 5.74) is -1.48. The number of halogens is 2. The number of epoxide rings is 2. The van der Waals surface area contributed by atoms with Crippen LogP contribution in [-0.4, -0.2) is 205 Å². The van der Waals surface area contributed by atoms with Gasteiger partial charge >= 0.3 is 24.1 Å². The zero-order chi connectivity index (χ0) is 77.6. The number of alkyl carbamates (subject to hydrolysis) is 2. The Hall–Kier alpha value is -6.56. The molecule has 4 fully saturated rings. The van der Waals surface area contributed by atoms with Gasteiger partial charge in [-0.2, -0.15) is 25.3 Å². The van der Waals surface area contributed by atoms with E-state index < -0.39 is 131 Å². The van der Waals surface area contributed by atoms with E-state index in [0.29, 0.717) is 48.6 Å². The van der Waals surface area contributed by atoms with Crippen LogP contribution in [0, 0.1) is 17.8 Å². The minimum atomic E-state index is -1.82. The molecular weight excluding hydrogens is 1420 g/mol. The van der Waals surface area contributed by atoms with Crippen LogP contribution < -0.4 is 29.9 Å². The molecule has 104 heavy (non-hydrogen) atoms. The van der Waals surface area contributed by atoms with Crippen molar-refractivity contribution in [2.75, 3.05) is 59.3 Å². The third kappa shape index (κ3) is 20.4. The molecule has 0 saturated carbocycles. The number of hydrogen-bond acceptors (Lipinski definition) is 21. The number of carbonyl (C=O) groups is 8. The molecule has 17 atom stereocenters. The van der Waals surface area contributed by atoms with Crippen molar-refractivity contribution in [1.29, 1.82) is 0 Å². The maximum atomic E-state index is 14.1. The Morgan fingerprint density at radius 3 is 1.49 bits per heavy atom. The van der Waals surface area contributed by atoms with Gasteiger partial charge in [-0.3, -0.25) is 29.8 Å². The average molecular weight is 1530 g/mol. The van der Waals surface area contributed by atoms with Gasteiger partial charge in [-0.25, -0.2) is 19.2 Å². The van der Waals surface area contributed by atoms with Crippen LogP contribution in [0.4, 0.5) is 21.0 Å². The van der Waals surface area contributed by atoms with Crippen molar-refractivity contribution in [2.24, 2.45) is 17.8 Å². The highest BCUT2D eigenvalue weighted by Crippen LogP contribution is 2.51. The third-order valence-corrected chi connectivity index (χ3v) is 22.2. The maximum absolute atomic E-state index is 14.1. The Labute approximate surface area is 632 Å². The Morgan fingerprint density at radius 1 is 0.683 bits per heavy atom. The first-order valence-corrected chi connectivity index (χ1v) is 36.7. The lowest BCUT2D eigenvalue weighted by atomic mass is 9.82. The quantitative estimate of drug-likeness (QED) is 0.0418. The van der Waals surface area contributed by atoms with Crippen molar-refractivity contribution in [3.8, 4) is 11.5 Å². The molecule has 576 valence electrons. The van der Waals surface area contributed by atoms with Gasteiger partial charge in [0.05, 0.1) is 50.6 Å². The number of amides is 6. The fourth-order valence-electron chi connectivity index (χ4n) is 13.4. The molecule has 2 aromatic carbocycles. The van der Waals surface area contributed by atoms with Gasteiger partial charge in [-0.15, -0.1) is 0 Å². The number of thiol groups is 2. The number of nitrogens with one attached hydrogen (secondary N) is 2. The highest BCUT2D eigenvalue weighted by molar-refractivity contribution is 7.81. The molecule has 6 aliphatic rings. The highest BCUT2D eigenvalue weighted by atomic mass is 35.5. The zero-order valence-electron chi connectivity index (χ0n) is 63.1. The Morgan fingerprint density at radius 2 is 1.09 bits per heavy atom. The van der Waals surface area contributed by atoms with Crippen LogP contribution in [0.3, 0.4) is 0 Å². The summed E-state index contributed by atoms with van der Waals surface area (Å²) >= 11 is 22.4. The van der Waals surface area contributed by atoms with Crippen LogP contribution in [-0.2, 0) is 74.8 Å². The first-order chi connectivity index (χ1) is 48.4. The van der Waals surface area contributed by atoms with Gasteiger partial charge in [0.25, 0.3) is 0 Å². The number of rotatable bonds is 15. The summed E-state index contributed by atoms with van der Waals surface area (Å²) in [6, 6.07) is 5.26. The predicted molar refractivity (Wildman–Crippen MR) is 400 cm³/mol. The molecular formula is C75H106Cl2N6O19S2. The topological polar surface area (TPSA) is 304 Å². The van der Waals surface area contributed by atoms with Crippen LogP contribution >= 0.6 is 48.5 Å². The van der Waals surface area contributed by atoms with Crippen LogP contribution in [0.25, 0.3) is 0 Å². The van der Waals surface area contributed by atoms with E-state index >= 15 is 0 Å². The number of likely N-dealkylation sites (N-methyl/N-ethyl adjacent to an activating group) is 2. The second-order valence-electron chi connectivity index (χ2n) is 29.6. The van der Waals surface area contributed by atoms with Gasteiger partial charge < -0.3 is 72.4 Å². The van der Waals surface area contributed by atoms with Crippen molar-refractivity contribution >= 4 is 108 Å². The molecule has 6 aliphatic heterocycles. The number of benzene rings is 2. The first-order valence-electron chi connectivity index (χ1n) is 35.0. The molecule has 0 aliphatic carbocycles. The molecule has 0 spiro atoms. The fraction of sp³-hybridized carbons (Fsp3) is 0.627. The van der Waals surface area contributed by atoms with Gasteiger partial charge in [0.1, 0.15) is 81.1 Å². The van der Waals surface area contributed by atoms with Crippen molar-refractivity contribution in [3.05, 3.63) is 93.0 Å². The lowest BCUT2D eigenvalue weighted by Crippen LogP contribution is -2.63. The van der Waals surface area contributed by atoms with Crippen molar-refractivity contribution < 1.29 is 91.2 Å². The molecule has 0 aromatic heterocycles. The number of nitrogens with zero attached hydrogens (tertiary/aromatic N) is 4. The van der Waals surface area contributed by atoms with Crippen LogP contribution in [0.15, 0.2) is 71.9 Å². The molecule has 8 rings (SSSR count). The van der Waals surface area contributed by atoms with Crippen molar-refractivity contribution in [2.45, 2.75) is 235 Å². The highest BCUT2D eigenvalue weighted by Gasteiger charge is 2.66. The molecule has 8 bridgehead atoms.